The summed E-state index contributed by atoms with van der Waals surface area (Å²) in [6.07, 6.45) is 2.03. The van der Waals surface area contributed by atoms with Gasteiger partial charge in [-0.25, -0.2) is 4.98 Å². The first-order valence-corrected chi connectivity index (χ1v) is 8.37. The lowest BCUT2D eigenvalue weighted by atomic mass is 9.93. The molecule has 0 amide bonds. The summed E-state index contributed by atoms with van der Waals surface area (Å²) in [6, 6.07) is 5.74. The summed E-state index contributed by atoms with van der Waals surface area (Å²) in [5.74, 6) is 0. The van der Waals surface area contributed by atoms with Gasteiger partial charge in [-0.2, -0.15) is 0 Å². The highest BCUT2D eigenvalue weighted by atomic mass is 35.5. The Morgan fingerprint density at radius 1 is 1.24 bits per heavy atom. The van der Waals surface area contributed by atoms with Gasteiger partial charge in [0.15, 0.2) is 0 Å². The molecule has 0 N–H and O–H groups in total. The number of halogens is 2. The Morgan fingerprint density at radius 2 is 2.00 bits per heavy atom. The molecule has 0 spiro atoms. The number of rotatable bonds is 2. The van der Waals surface area contributed by atoms with Gasteiger partial charge in [0.2, 0.25) is 0 Å². The minimum absolute atomic E-state index is 0.0835. The van der Waals surface area contributed by atoms with Crippen molar-refractivity contribution in [1.82, 2.24) is 9.55 Å². The van der Waals surface area contributed by atoms with Crippen LogP contribution in [0.3, 0.4) is 0 Å². The fraction of sp³-hybridized carbons (Fsp3) is 0.312. The van der Waals surface area contributed by atoms with E-state index in [2.05, 4.69) is 30.7 Å². The number of fused-ring (bicyclic) bond motifs is 1. The van der Waals surface area contributed by atoms with Crippen LogP contribution in [-0.2, 0) is 12.0 Å². The normalized spacial score (nSPS) is 12.2. The zero-order valence-electron chi connectivity index (χ0n) is 12.2. The van der Waals surface area contributed by atoms with Gasteiger partial charge in [-0.05, 0) is 18.2 Å². The maximum atomic E-state index is 6.23. The van der Waals surface area contributed by atoms with E-state index in [9.17, 15) is 0 Å². The summed E-state index contributed by atoms with van der Waals surface area (Å²) in [6.45, 7) is 7.27. The molecule has 0 aliphatic heterocycles. The molecule has 110 valence electrons. The predicted molar refractivity (Wildman–Crippen MR) is 91.9 cm³/mol. The van der Waals surface area contributed by atoms with Crippen molar-refractivity contribution in [3.05, 3.63) is 50.5 Å². The Labute approximate surface area is 138 Å². The van der Waals surface area contributed by atoms with Crippen molar-refractivity contribution in [1.29, 1.82) is 0 Å². The van der Waals surface area contributed by atoms with Crippen LogP contribution in [0, 0.1) is 0 Å². The first kappa shape index (κ1) is 14.9. The molecule has 0 saturated carbocycles. The smallest absolute Gasteiger partial charge is 0.113 e. The van der Waals surface area contributed by atoms with E-state index in [0.29, 0.717) is 10.0 Å². The summed E-state index contributed by atoms with van der Waals surface area (Å²) in [5, 5.41) is 5.59. The third-order valence-electron chi connectivity index (χ3n) is 3.43. The topological polar surface area (TPSA) is 17.8 Å². The first-order chi connectivity index (χ1) is 9.84. The average molecular weight is 339 g/mol. The molecule has 0 aliphatic carbocycles. The minimum atomic E-state index is 0.0835. The van der Waals surface area contributed by atoms with Crippen LogP contribution in [0.2, 0.25) is 10.0 Å². The monoisotopic (exact) mass is 338 g/mol. The zero-order chi connectivity index (χ0) is 15.2. The quantitative estimate of drug-likeness (QED) is 0.581. The number of hydrogen-bond acceptors (Lipinski definition) is 2. The predicted octanol–water partition coefficient (Wildman–Crippen LogP) is 5.75. The molecule has 0 fully saturated rings. The van der Waals surface area contributed by atoms with Gasteiger partial charge in [-0.3, -0.25) is 0 Å². The van der Waals surface area contributed by atoms with Gasteiger partial charge in [0.25, 0.3) is 0 Å². The summed E-state index contributed by atoms with van der Waals surface area (Å²) in [5.41, 5.74) is 2.26. The van der Waals surface area contributed by atoms with Crippen molar-refractivity contribution in [3.63, 3.8) is 0 Å². The minimum Gasteiger partial charge on any atom is -0.341 e. The number of aromatic nitrogens is 2. The van der Waals surface area contributed by atoms with E-state index in [0.717, 1.165) is 28.1 Å². The highest BCUT2D eigenvalue weighted by Crippen LogP contribution is 2.30. The lowest BCUT2D eigenvalue weighted by molar-refractivity contribution is 0.570. The standard InChI is InChI=1S/C16H16Cl2N2S/c1-16(2,3)14-9-21-15(19-14)8-20-5-4-11-12(18)6-10(17)7-13(11)20/h4-7,9H,8H2,1-3H3. The van der Waals surface area contributed by atoms with Crippen molar-refractivity contribution in [2.24, 2.45) is 0 Å². The highest BCUT2D eigenvalue weighted by molar-refractivity contribution is 7.09. The SMILES string of the molecule is CC(C)(C)c1csc(Cn2ccc3c(Cl)cc(Cl)cc32)n1. The summed E-state index contributed by atoms with van der Waals surface area (Å²) in [7, 11) is 0. The van der Waals surface area contributed by atoms with Crippen LogP contribution < -0.4 is 0 Å². The number of thiazole rings is 1. The molecule has 0 aliphatic rings. The maximum Gasteiger partial charge on any atom is 0.113 e. The lowest BCUT2D eigenvalue weighted by Gasteiger charge is -2.14. The summed E-state index contributed by atoms with van der Waals surface area (Å²) in [4.78, 5) is 4.74. The molecule has 0 atom stereocenters. The van der Waals surface area contributed by atoms with Crippen LogP contribution in [0.1, 0.15) is 31.5 Å². The molecule has 0 unspecified atom stereocenters. The second-order valence-electron chi connectivity index (χ2n) is 6.14. The van der Waals surface area contributed by atoms with Crippen molar-refractivity contribution >= 4 is 45.4 Å². The van der Waals surface area contributed by atoms with Gasteiger partial charge in [-0.15, -0.1) is 11.3 Å². The molecule has 0 radical (unpaired) electrons. The second-order valence-corrected chi connectivity index (χ2v) is 7.93. The molecular formula is C16H16Cl2N2S. The molecular weight excluding hydrogens is 323 g/mol. The van der Waals surface area contributed by atoms with E-state index in [1.54, 1.807) is 17.4 Å². The van der Waals surface area contributed by atoms with E-state index in [4.69, 9.17) is 28.2 Å². The molecule has 21 heavy (non-hydrogen) atoms. The Balaban J connectivity index is 1.97. The fourth-order valence-corrected chi connectivity index (χ4v) is 3.79. The first-order valence-electron chi connectivity index (χ1n) is 6.73. The van der Waals surface area contributed by atoms with Gasteiger partial charge in [0.05, 0.1) is 22.8 Å². The Morgan fingerprint density at radius 3 is 2.67 bits per heavy atom. The molecule has 3 aromatic rings. The van der Waals surface area contributed by atoms with Crippen LogP contribution in [0.25, 0.3) is 10.9 Å². The van der Waals surface area contributed by atoms with Crippen molar-refractivity contribution in [2.45, 2.75) is 32.7 Å². The molecule has 2 aromatic heterocycles. The molecule has 2 heterocycles. The van der Waals surface area contributed by atoms with Crippen molar-refractivity contribution in [2.75, 3.05) is 0 Å². The number of hydrogen-bond donors (Lipinski definition) is 0. The molecule has 1 aromatic carbocycles. The van der Waals surface area contributed by atoms with Gasteiger partial charge >= 0.3 is 0 Å². The third-order valence-corrected chi connectivity index (χ3v) is 4.79. The Hall–Kier alpha value is -1.03. The number of nitrogens with zero attached hydrogens (tertiary/aromatic N) is 2. The van der Waals surface area contributed by atoms with Gasteiger partial charge in [0, 0.05) is 27.4 Å². The molecule has 0 bridgehead atoms. The van der Waals surface area contributed by atoms with Crippen LogP contribution in [0.5, 0.6) is 0 Å². The number of benzene rings is 1. The molecule has 3 rings (SSSR count). The molecule has 0 saturated heterocycles. The van der Waals surface area contributed by atoms with Gasteiger partial charge in [-0.1, -0.05) is 44.0 Å². The summed E-state index contributed by atoms with van der Waals surface area (Å²) < 4.78 is 2.14. The van der Waals surface area contributed by atoms with Gasteiger partial charge < -0.3 is 4.57 Å². The third kappa shape index (κ3) is 2.96. The highest BCUT2D eigenvalue weighted by Gasteiger charge is 2.17. The van der Waals surface area contributed by atoms with Crippen LogP contribution >= 0.6 is 34.5 Å². The summed E-state index contributed by atoms with van der Waals surface area (Å²) >= 11 is 14.0. The van der Waals surface area contributed by atoms with Crippen molar-refractivity contribution in [3.8, 4) is 0 Å². The van der Waals surface area contributed by atoms with Crippen LogP contribution in [-0.4, -0.2) is 9.55 Å². The largest absolute Gasteiger partial charge is 0.341 e. The average Bonchev–Trinajstić information content (AvgIpc) is 2.97. The Bertz CT molecular complexity index is 796. The van der Waals surface area contributed by atoms with Crippen LogP contribution in [0.4, 0.5) is 0 Å². The van der Waals surface area contributed by atoms with E-state index >= 15 is 0 Å². The fourth-order valence-electron chi connectivity index (χ4n) is 2.23. The maximum absolute atomic E-state index is 6.23. The molecule has 5 heteroatoms. The lowest BCUT2D eigenvalue weighted by Crippen LogP contribution is -2.11. The van der Waals surface area contributed by atoms with Crippen molar-refractivity contribution < 1.29 is 0 Å². The van der Waals surface area contributed by atoms with Crippen LogP contribution in [0.15, 0.2) is 29.8 Å². The van der Waals surface area contributed by atoms with E-state index < -0.39 is 0 Å². The van der Waals surface area contributed by atoms with E-state index in [1.165, 1.54) is 0 Å². The van der Waals surface area contributed by atoms with E-state index in [-0.39, 0.29) is 5.41 Å². The molecule has 2 nitrogen and oxygen atoms in total. The second kappa shape index (κ2) is 5.31. The zero-order valence-corrected chi connectivity index (χ0v) is 14.5. The van der Waals surface area contributed by atoms with Gasteiger partial charge in [0.1, 0.15) is 5.01 Å². The Kier molecular flexibility index (Phi) is 3.76. The van der Waals surface area contributed by atoms with E-state index in [1.807, 2.05) is 18.3 Å².